The van der Waals surface area contributed by atoms with Gasteiger partial charge in [0.1, 0.15) is 0 Å². The van der Waals surface area contributed by atoms with Gasteiger partial charge in [-0.25, -0.2) is 14.3 Å². The zero-order chi connectivity index (χ0) is 16.1. The lowest BCUT2D eigenvalue weighted by Gasteiger charge is -2.04. The number of carbonyl (C=O) groups excluding carboxylic acids is 2. The summed E-state index contributed by atoms with van der Waals surface area (Å²) in [4.78, 5) is 31.5. The van der Waals surface area contributed by atoms with Crippen molar-refractivity contribution in [3.63, 3.8) is 0 Å². The summed E-state index contributed by atoms with van der Waals surface area (Å²) in [6.45, 7) is 6.27. The van der Waals surface area contributed by atoms with E-state index in [0.29, 0.717) is 17.5 Å². The third-order valence-electron chi connectivity index (χ3n) is 2.72. The molecule has 22 heavy (non-hydrogen) atoms. The number of aromatic nitrogens is 4. The fraction of sp³-hybridized carbons (Fsp3) is 0.462. The Morgan fingerprint density at radius 1 is 1.32 bits per heavy atom. The van der Waals surface area contributed by atoms with Crippen LogP contribution in [0.15, 0.2) is 11.2 Å². The summed E-state index contributed by atoms with van der Waals surface area (Å²) < 4.78 is 1.63. The van der Waals surface area contributed by atoms with Crippen LogP contribution in [0, 0.1) is 13.8 Å². The number of thioether (sulfide) groups is 1. The molecule has 8 nitrogen and oxygen atoms in total. The zero-order valence-corrected chi connectivity index (χ0v) is 13.5. The van der Waals surface area contributed by atoms with Crippen LogP contribution in [0.25, 0.3) is 5.78 Å². The van der Waals surface area contributed by atoms with Crippen molar-refractivity contribution < 1.29 is 9.59 Å². The molecule has 2 rings (SSSR count). The lowest BCUT2D eigenvalue weighted by Crippen LogP contribution is -2.40. The van der Waals surface area contributed by atoms with Gasteiger partial charge in [-0.2, -0.15) is 4.98 Å². The normalized spacial score (nSPS) is 10.7. The largest absolute Gasteiger partial charge is 0.338 e. The van der Waals surface area contributed by atoms with Gasteiger partial charge in [0, 0.05) is 17.9 Å². The van der Waals surface area contributed by atoms with Gasteiger partial charge < -0.3 is 5.32 Å². The number of nitrogens with zero attached hydrogens (tertiary/aromatic N) is 4. The van der Waals surface area contributed by atoms with Crippen LogP contribution in [-0.4, -0.2) is 43.8 Å². The summed E-state index contributed by atoms with van der Waals surface area (Å²) in [5.41, 5.74) is 1.78. The summed E-state index contributed by atoms with van der Waals surface area (Å²) in [5.74, 6) is 0.175. The maximum atomic E-state index is 11.7. The lowest BCUT2D eigenvalue weighted by atomic mass is 10.4. The summed E-state index contributed by atoms with van der Waals surface area (Å²) in [7, 11) is 0. The predicted molar refractivity (Wildman–Crippen MR) is 82.8 cm³/mol. The molecule has 2 aromatic heterocycles. The Morgan fingerprint density at radius 2 is 2.09 bits per heavy atom. The second-order valence-electron chi connectivity index (χ2n) is 4.74. The number of urea groups is 1. The van der Waals surface area contributed by atoms with Gasteiger partial charge in [-0.3, -0.25) is 10.1 Å². The molecule has 3 amide bonds. The van der Waals surface area contributed by atoms with Crippen LogP contribution in [0.4, 0.5) is 4.79 Å². The molecule has 0 fully saturated rings. The number of imide groups is 1. The first-order valence-electron chi connectivity index (χ1n) is 6.91. The molecule has 0 saturated heterocycles. The minimum Gasteiger partial charge on any atom is -0.338 e. The minimum absolute atomic E-state index is 0.0639. The lowest BCUT2D eigenvalue weighted by molar-refractivity contribution is -0.117. The Morgan fingerprint density at radius 3 is 2.82 bits per heavy atom. The second-order valence-corrected chi connectivity index (χ2v) is 5.68. The maximum absolute atomic E-state index is 11.7. The van der Waals surface area contributed by atoms with Crippen molar-refractivity contribution in [2.24, 2.45) is 0 Å². The van der Waals surface area contributed by atoms with Crippen LogP contribution in [0.3, 0.4) is 0 Å². The highest BCUT2D eigenvalue weighted by Gasteiger charge is 2.12. The molecule has 9 heteroatoms. The molecule has 0 radical (unpaired) electrons. The minimum atomic E-state index is -0.483. The average molecular weight is 322 g/mol. The molecule has 0 atom stereocenters. The molecular formula is C13H18N6O2S. The zero-order valence-electron chi connectivity index (χ0n) is 12.7. The Kier molecular flexibility index (Phi) is 5.31. The van der Waals surface area contributed by atoms with E-state index in [1.165, 1.54) is 0 Å². The number of fused-ring (bicyclic) bond motifs is 1. The van der Waals surface area contributed by atoms with Crippen LogP contribution in [0.1, 0.15) is 24.7 Å². The Labute approximate surface area is 132 Å². The second kappa shape index (κ2) is 7.21. The summed E-state index contributed by atoms with van der Waals surface area (Å²) in [6.07, 6.45) is 0.813. The molecule has 0 aliphatic carbocycles. The van der Waals surface area contributed by atoms with Crippen molar-refractivity contribution in [3.05, 3.63) is 17.5 Å². The van der Waals surface area contributed by atoms with Gasteiger partial charge in [0.15, 0.2) is 0 Å². The van der Waals surface area contributed by atoms with Gasteiger partial charge >= 0.3 is 6.03 Å². The smallest absolute Gasteiger partial charge is 0.321 e. The van der Waals surface area contributed by atoms with E-state index >= 15 is 0 Å². The van der Waals surface area contributed by atoms with E-state index in [-0.39, 0.29) is 5.75 Å². The molecule has 2 heterocycles. The van der Waals surface area contributed by atoms with Crippen LogP contribution in [0.5, 0.6) is 0 Å². The molecule has 0 unspecified atom stereocenters. The van der Waals surface area contributed by atoms with Gasteiger partial charge in [0.05, 0.1) is 5.75 Å². The van der Waals surface area contributed by atoms with E-state index in [1.807, 2.05) is 26.8 Å². The Bertz CT molecular complexity index is 699. The first kappa shape index (κ1) is 16.2. The van der Waals surface area contributed by atoms with Gasteiger partial charge in [-0.15, -0.1) is 5.10 Å². The van der Waals surface area contributed by atoms with Gasteiger partial charge in [0.2, 0.25) is 11.1 Å². The molecule has 2 aromatic rings. The Balaban J connectivity index is 1.93. The molecular weight excluding hydrogens is 304 g/mol. The fourth-order valence-electron chi connectivity index (χ4n) is 1.78. The van der Waals surface area contributed by atoms with Crippen molar-refractivity contribution in [3.8, 4) is 0 Å². The number of amides is 3. The third-order valence-corrected chi connectivity index (χ3v) is 3.56. The van der Waals surface area contributed by atoms with Crippen LogP contribution in [0.2, 0.25) is 0 Å². The van der Waals surface area contributed by atoms with Gasteiger partial charge in [0.25, 0.3) is 5.78 Å². The van der Waals surface area contributed by atoms with E-state index in [1.54, 1.807) is 4.52 Å². The standard InChI is InChI=1S/C13H18N6O2S/c1-4-5-14-12(21)16-10(20)7-22-13-17-11-15-8(2)6-9(3)19(11)18-13/h6H,4-5,7H2,1-3H3,(H2,14,16,20,21). The first-order chi connectivity index (χ1) is 10.5. The summed E-state index contributed by atoms with van der Waals surface area (Å²) in [5, 5.41) is 9.55. The molecule has 0 saturated carbocycles. The topological polar surface area (TPSA) is 101 Å². The summed E-state index contributed by atoms with van der Waals surface area (Å²) >= 11 is 1.16. The molecule has 0 aliphatic heterocycles. The maximum Gasteiger partial charge on any atom is 0.321 e. The average Bonchev–Trinajstić information content (AvgIpc) is 2.86. The predicted octanol–water partition coefficient (Wildman–Crippen LogP) is 1.07. The highest BCUT2D eigenvalue weighted by molar-refractivity contribution is 7.99. The van der Waals surface area contributed by atoms with Crippen LogP contribution in [-0.2, 0) is 4.79 Å². The molecule has 0 aliphatic rings. The van der Waals surface area contributed by atoms with Crippen LogP contribution >= 0.6 is 11.8 Å². The third kappa shape index (κ3) is 4.17. The van der Waals surface area contributed by atoms with Crippen molar-refractivity contribution in [1.29, 1.82) is 0 Å². The molecule has 2 N–H and O–H groups in total. The molecule has 118 valence electrons. The quantitative estimate of drug-likeness (QED) is 0.799. The number of carbonyl (C=O) groups is 2. The number of hydrogen-bond acceptors (Lipinski definition) is 6. The van der Waals surface area contributed by atoms with Crippen molar-refractivity contribution in [2.75, 3.05) is 12.3 Å². The van der Waals surface area contributed by atoms with E-state index < -0.39 is 11.9 Å². The van der Waals surface area contributed by atoms with Gasteiger partial charge in [-0.1, -0.05) is 18.7 Å². The fourth-order valence-corrected chi connectivity index (χ4v) is 2.40. The first-order valence-corrected chi connectivity index (χ1v) is 7.89. The number of nitrogens with one attached hydrogen (secondary N) is 2. The van der Waals surface area contributed by atoms with Crippen molar-refractivity contribution in [2.45, 2.75) is 32.3 Å². The molecule has 0 aromatic carbocycles. The summed E-state index contributed by atoms with van der Waals surface area (Å²) in [6, 6.07) is 1.42. The SMILES string of the molecule is CCCNC(=O)NC(=O)CSc1nc2nc(C)cc(C)n2n1. The number of hydrogen-bond donors (Lipinski definition) is 2. The van der Waals surface area contributed by atoms with E-state index in [2.05, 4.69) is 25.7 Å². The monoisotopic (exact) mass is 322 g/mol. The highest BCUT2D eigenvalue weighted by atomic mass is 32.2. The van der Waals surface area contributed by atoms with E-state index in [4.69, 9.17) is 0 Å². The van der Waals surface area contributed by atoms with Crippen molar-refractivity contribution in [1.82, 2.24) is 30.2 Å². The Hall–Kier alpha value is -2.16. The number of aryl methyl sites for hydroxylation is 2. The van der Waals surface area contributed by atoms with Gasteiger partial charge in [-0.05, 0) is 26.3 Å². The molecule has 0 bridgehead atoms. The van der Waals surface area contributed by atoms with E-state index in [0.717, 1.165) is 29.6 Å². The molecule has 0 spiro atoms. The van der Waals surface area contributed by atoms with E-state index in [9.17, 15) is 9.59 Å². The highest BCUT2D eigenvalue weighted by Crippen LogP contribution is 2.14. The van der Waals surface area contributed by atoms with Crippen LogP contribution < -0.4 is 10.6 Å². The number of rotatable bonds is 5. The van der Waals surface area contributed by atoms with Crippen molar-refractivity contribution >= 4 is 29.5 Å².